The monoisotopic (exact) mass is 406 g/mol. The van der Waals surface area contributed by atoms with E-state index in [0.29, 0.717) is 18.4 Å². The van der Waals surface area contributed by atoms with E-state index in [1.165, 1.54) is 18.5 Å². The Bertz CT molecular complexity index is 858. The van der Waals surface area contributed by atoms with Crippen molar-refractivity contribution in [3.05, 3.63) is 57.9 Å². The van der Waals surface area contributed by atoms with E-state index >= 15 is 4.39 Å². The second-order valence-electron chi connectivity index (χ2n) is 6.60. The van der Waals surface area contributed by atoms with Gasteiger partial charge in [-0.3, -0.25) is 14.6 Å². The van der Waals surface area contributed by atoms with Crippen LogP contribution in [0.5, 0.6) is 0 Å². The fraction of sp³-hybridized carbons (Fsp3) is 0.400. The van der Waals surface area contributed by atoms with Crippen molar-refractivity contribution in [2.24, 2.45) is 5.73 Å². The van der Waals surface area contributed by atoms with Crippen molar-refractivity contribution in [1.29, 1.82) is 0 Å². The normalized spacial score (nSPS) is 13.2. The van der Waals surface area contributed by atoms with E-state index in [1.807, 2.05) is 13.8 Å². The molecule has 0 saturated heterocycles. The van der Waals surface area contributed by atoms with E-state index in [-0.39, 0.29) is 28.7 Å². The van der Waals surface area contributed by atoms with E-state index in [2.05, 4.69) is 15.3 Å². The van der Waals surface area contributed by atoms with Crippen molar-refractivity contribution in [2.75, 3.05) is 0 Å². The molecule has 8 heteroatoms. The topological polar surface area (TPSA) is 98.0 Å². The van der Waals surface area contributed by atoms with Crippen LogP contribution in [0.3, 0.4) is 0 Å². The van der Waals surface area contributed by atoms with Crippen molar-refractivity contribution < 1.29 is 14.0 Å². The molecule has 0 saturated carbocycles. The molecule has 2 aromatic rings. The quantitative estimate of drug-likeness (QED) is 0.622. The van der Waals surface area contributed by atoms with Crippen LogP contribution in [0, 0.1) is 5.82 Å². The maximum Gasteiger partial charge on any atom is 0.218 e. The molecule has 1 aromatic heterocycles. The fourth-order valence-corrected chi connectivity index (χ4v) is 3.19. The zero-order valence-electron chi connectivity index (χ0n) is 16.1. The smallest absolute Gasteiger partial charge is 0.218 e. The Kier molecular flexibility index (Phi) is 7.60. The number of amides is 1. The van der Waals surface area contributed by atoms with Gasteiger partial charge in [-0.25, -0.2) is 9.37 Å². The SMILES string of the molecule is CCc1cnc(C(=O)c2c(Cl)ccc([C@@H](CC)N[C@@H](C)CC(N)=O)c2F)cn1. The van der Waals surface area contributed by atoms with Gasteiger partial charge in [0.05, 0.1) is 22.5 Å². The number of nitrogens with two attached hydrogens (primary N) is 1. The van der Waals surface area contributed by atoms with Crippen LogP contribution >= 0.6 is 11.6 Å². The number of hydrogen-bond acceptors (Lipinski definition) is 5. The first kappa shape index (κ1) is 21.9. The molecule has 1 amide bonds. The number of ketones is 1. The van der Waals surface area contributed by atoms with Crippen LogP contribution in [0.1, 0.15) is 67.0 Å². The highest BCUT2D eigenvalue weighted by atomic mass is 35.5. The summed E-state index contributed by atoms with van der Waals surface area (Å²) in [7, 11) is 0. The number of nitrogens with zero attached hydrogens (tertiary/aromatic N) is 2. The summed E-state index contributed by atoms with van der Waals surface area (Å²) in [4.78, 5) is 32.1. The van der Waals surface area contributed by atoms with Crippen molar-refractivity contribution in [2.45, 2.75) is 52.1 Å². The molecule has 0 unspecified atom stereocenters. The molecule has 6 nitrogen and oxygen atoms in total. The van der Waals surface area contributed by atoms with Gasteiger partial charge in [0.2, 0.25) is 11.7 Å². The second kappa shape index (κ2) is 9.71. The molecule has 1 heterocycles. The molecule has 2 atom stereocenters. The summed E-state index contributed by atoms with van der Waals surface area (Å²) in [5, 5.41) is 3.18. The summed E-state index contributed by atoms with van der Waals surface area (Å²) in [6, 6.07) is 2.37. The van der Waals surface area contributed by atoms with Crippen LogP contribution in [0.4, 0.5) is 4.39 Å². The van der Waals surface area contributed by atoms with Gasteiger partial charge < -0.3 is 11.1 Å². The Balaban J connectivity index is 2.38. The highest BCUT2D eigenvalue weighted by Gasteiger charge is 2.25. The van der Waals surface area contributed by atoms with Crippen LogP contribution in [-0.4, -0.2) is 27.7 Å². The minimum atomic E-state index is -0.704. The number of nitrogens with one attached hydrogen (secondary N) is 1. The van der Waals surface area contributed by atoms with Gasteiger partial charge in [-0.05, 0) is 25.8 Å². The fourth-order valence-electron chi connectivity index (χ4n) is 2.96. The molecule has 0 aliphatic heterocycles. The molecule has 0 spiro atoms. The first-order valence-corrected chi connectivity index (χ1v) is 9.54. The van der Waals surface area contributed by atoms with Gasteiger partial charge in [0.15, 0.2) is 0 Å². The van der Waals surface area contributed by atoms with Gasteiger partial charge in [-0.2, -0.15) is 0 Å². The summed E-state index contributed by atoms with van der Waals surface area (Å²) in [6.45, 7) is 5.58. The molecule has 0 bridgehead atoms. The highest BCUT2D eigenvalue weighted by molar-refractivity contribution is 6.34. The van der Waals surface area contributed by atoms with Crippen molar-refractivity contribution >= 4 is 23.3 Å². The Morgan fingerprint density at radius 2 is 1.96 bits per heavy atom. The number of carbonyl (C=O) groups excluding carboxylic acids is 2. The third kappa shape index (κ3) is 5.11. The average Bonchev–Trinajstić information content (AvgIpc) is 2.66. The highest BCUT2D eigenvalue weighted by Crippen LogP contribution is 2.29. The third-order valence-electron chi connectivity index (χ3n) is 4.42. The summed E-state index contributed by atoms with van der Waals surface area (Å²) in [5.74, 6) is -1.78. The second-order valence-corrected chi connectivity index (χ2v) is 7.01. The average molecular weight is 407 g/mol. The third-order valence-corrected chi connectivity index (χ3v) is 4.74. The van der Waals surface area contributed by atoms with Gasteiger partial charge in [0.25, 0.3) is 0 Å². The molecular formula is C20H24ClFN4O2. The van der Waals surface area contributed by atoms with Crippen LogP contribution < -0.4 is 11.1 Å². The zero-order valence-corrected chi connectivity index (χ0v) is 16.9. The first-order chi connectivity index (χ1) is 13.3. The van der Waals surface area contributed by atoms with Crippen molar-refractivity contribution in [1.82, 2.24) is 15.3 Å². The lowest BCUT2D eigenvalue weighted by Gasteiger charge is -2.23. The standard InChI is InChI=1S/C20H24ClFN4O2/c1-4-12-9-25-16(10-24-12)20(28)18-14(21)7-6-13(19(18)22)15(5-2)26-11(3)8-17(23)27/h6-7,9-11,15,26H,4-5,8H2,1-3H3,(H2,23,27)/t11-,15+/m0/s1. The van der Waals surface area contributed by atoms with E-state index in [1.54, 1.807) is 13.0 Å². The summed E-state index contributed by atoms with van der Waals surface area (Å²) in [6.07, 6.45) is 4.16. The molecule has 2 rings (SSSR count). The largest absolute Gasteiger partial charge is 0.370 e. The predicted molar refractivity (Wildman–Crippen MR) is 106 cm³/mol. The van der Waals surface area contributed by atoms with Crippen LogP contribution in [0.15, 0.2) is 24.5 Å². The van der Waals surface area contributed by atoms with E-state index in [9.17, 15) is 9.59 Å². The summed E-state index contributed by atoms with van der Waals surface area (Å²) < 4.78 is 15.3. The van der Waals surface area contributed by atoms with Gasteiger partial charge in [0, 0.05) is 30.3 Å². The lowest BCUT2D eigenvalue weighted by molar-refractivity contribution is -0.118. The van der Waals surface area contributed by atoms with Gasteiger partial charge in [-0.15, -0.1) is 0 Å². The Morgan fingerprint density at radius 3 is 2.50 bits per heavy atom. The zero-order chi connectivity index (χ0) is 20.8. The van der Waals surface area contributed by atoms with E-state index in [0.717, 1.165) is 5.69 Å². The van der Waals surface area contributed by atoms with E-state index in [4.69, 9.17) is 17.3 Å². The molecule has 0 fully saturated rings. The summed E-state index contributed by atoms with van der Waals surface area (Å²) in [5.41, 5.74) is 6.04. The Labute approximate surface area is 168 Å². The number of primary amides is 1. The van der Waals surface area contributed by atoms with Crippen LogP contribution in [-0.2, 0) is 11.2 Å². The van der Waals surface area contributed by atoms with Gasteiger partial charge in [-0.1, -0.05) is 31.5 Å². The molecule has 3 N–H and O–H groups in total. The van der Waals surface area contributed by atoms with Gasteiger partial charge in [0.1, 0.15) is 11.5 Å². The molecule has 28 heavy (non-hydrogen) atoms. The molecule has 0 radical (unpaired) electrons. The number of carbonyl (C=O) groups is 2. The maximum atomic E-state index is 15.3. The van der Waals surface area contributed by atoms with Crippen LogP contribution in [0.2, 0.25) is 5.02 Å². The molecule has 1 aromatic carbocycles. The predicted octanol–water partition coefficient (Wildman–Crippen LogP) is 3.37. The van der Waals surface area contributed by atoms with E-state index < -0.39 is 23.5 Å². The molecule has 0 aliphatic carbocycles. The molecular weight excluding hydrogens is 383 g/mol. The Hall–Kier alpha value is -2.38. The number of hydrogen-bond donors (Lipinski definition) is 2. The van der Waals surface area contributed by atoms with Crippen molar-refractivity contribution in [3.63, 3.8) is 0 Å². The van der Waals surface area contributed by atoms with Crippen LogP contribution in [0.25, 0.3) is 0 Å². The lowest BCUT2D eigenvalue weighted by atomic mass is 9.97. The number of halogens is 2. The number of aromatic nitrogens is 2. The molecule has 150 valence electrons. The lowest BCUT2D eigenvalue weighted by Crippen LogP contribution is -2.34. The Morgan fingerprint density at radius 1 is 1.25 bits per heavy atom. The van der Waals surface area contributed by atoms with Gasteiger partial charge >= 0.3 is 0 Å². The minimum absolute atomic E-state index is 0.00709. The molecule has 0 aliphatic rings. The maximum absolute atomic E-state index is 15.3. The van der Waals surface area contributed by atoms with Crippen molar-refractivity contribution in [3.8, 4) is 0 Å². The summed E-state index contributed by atoms with van der Waals surface area (Å²) >= 11 is 6.14. The number of rotatable bonds is 9. The number of aryl methyl sites for hydroxylation is 1. The number of benzene rings is 1. The first-order valence-electron chi connectivity index (χ1n) is 9.16. The minimum Gasteiger partial charge on any atom is -0.370 e.